The van der Waals surface area contributed by atoms with Crippen LogP contribution < -0.4 is 10.6 Å². The molecule has 0 spiro atoms. The van der Waals surface area contributed by atoms with Crippen LogP contribution in [0, 0.1) is 11.8 Å². The van der Waals surface area contributed by atoms with Crippen molar-refractivity contribution in [2.75, 3.05) is 91.9 Å². The standard InChI is InChI=1S/C20H37N5O2S/c28-20(21-2-4-23-5-9-26-10-6-23)22-14-19-13-17-1-3-25(19)16-18(17)15-24-7-11-27-12-8-24/h17-19H,1-16H2,(H2,21,22,28)/t17-,18-,19+/m0/s1. The van der Waals surface area contributed by atoms with Crippen LogP contribution in [0.25, 0.3) is 0 Å². The first-order valence-corrected chi connectivity index (χ1v) is 11.5. The summed E-state index contributed by atoms with van der Waals surface area (Å²) < 4.78 is 10.9. The first-order chi connectivity index (χ1) is 13.8. The maximum atomic E-state index is 5.50. The van der Waals surface area contributed by atoms with E-state index in [9.17, 15) is 0 Å². The molecule has 5 rings (SSSR count). The highest BCUT2D eigenvalue weighted by Crippen LogP contribution is 2.36. The van der Waals surface area contributed by atoms with Crippen molar-refractivity contribution in [1.29, 1.82) is 0 Å². The van der Waals surface area contributed by atoms with E-state index in [2.05, 4.69) is 25.3 Å². The van der Waals surface area contributed by atoms with Gasteiger partial charge in [0.15, 0.2) is 5.11 Å². The van der Waals surface area contributed by atoms with Crippen molar-refractivity contribution in [3.05, 3.63) is 0 Å². The van der Waals surface area contributed by atoms with E-state index in [0.717, 1.165) is 89.2 Å². The number of thiocarbonyl (C=S) groups is 1. The second-order valence-corrected chi connectivity index (χ2v) is 9.11. The molecule has 5 fully saturated rings. The van der Waals surface area contributed by atoms with E-state index >= 15 is 0 Å². The molecule has 0 amide bonds. The van der Waals surface area contributed by atoms with Crippen LogP contribution in [0.15, 0.2) is 0 Å². The van der Waals surface area contributed by atoms with Crippen LogP contribution in [0.2, 0.25) is 0 Å². The van der Waals surface area contributed by atoms with E-state index in [0.29, 0.717) is 6.04 Å². The Labute approximate surface area is 175 Å². The number of nitrogens with zero attached hydrogens (tertiary/aromatic N) is 3. The number of nitrogens with one attached hydrogen (secondary N) is 2. The van der Waals surface area contributed by atoms with Gasteiger partial charge in [0.2, 0.25) is 0 Å². The summed E-state index contributed by atoms with van der Waals surface area (Å²) >= 11 is 5.50. The van der Waals surface area contributed by atoms with Crippen LogP contribution in [0.3, 0.4) is 0 Å². The van der Waals surface area contributed by atoms with Gasteiger partial charge in [-0.3, -0.25) is 14.7 Å². The van der Waals surface area contributed by atoms with E-state index in [1.54, 1.807) is 0 Å². The topological polar surface area (TPSA) is 52.2 Å². The minimum Gasteiger partial charge on any atom is -0.379 e. The highest BCUT2D eigenvalue weighted by atomic mass is 32.1. The van der Waals surface area contributed by atoms with E-state index in [1.807, 2.05) is 0 Å². The number of hydrogen-bond donors (Lipinski definition) is 2. The first-order valence-electron chi connectivity index (χ1n) is 11.1. The Balaban J connectivity index is 1.13. The third-order valence-electron chi connectivity index (χ3n) is 6.93. The van der Waals surface area contributed by atoms with Crippen molar-refractivity contribution in [2.45, 2.75) is 18.9 Å². The molecule has 4 atom stereocenters. The summed E-state index contributed by atoms with van der Waals surface area (Å²) in [7, 11) is 0. The number of rotatable bonds is 7. The highest BCUT2D eigenvalue weighted by molar-refractivity contribution is 7.80. The number of ether oxygens (including phenoxy) is 2. The molecule has 5 saturated heterocycles. The average Bonchev–Trinajstić information content (AvgIpc) is 2.74. The predicted octanol–water partition coefficient (Wildman–Crippen LogP) is -0.175. The molecule has 0 aliphatic carbocycles. The minimum atomic E-state index is 0.638. The fraction of sp³-hybridized carbons (Fsp3) is 0.950. The molecule has 5 heterocycles. The maximum absolute atomic E-state index is 5.50. The lowest BCUT2D eigenvalue weighted by Gasteiger charge is -2.51. The van der Waals surface area contributed by atoms with Gasteiger partial charge in [-0.25, -0.2) is 0 Å². The van der Waals surface area contributed by atoms with E-state index in [1.165, 1.54) is 32.5 Å². The van der Waals surface area contributed by atoms with Crippen LogP contribution in [-0.2, 0) is 9.47 Å². The Bertz CT molecular complexity index is 499. The van der Waals surface area contributed by atoms with Crippen molar-refractivity contribution in [2.24, 2.45) is 11.8 Å². The average molecular weight is 412 g/mol. The molecule has 0 aromatic rings. The van der Waals surface area contributed by atoms with Gasteiger partial charge in [0.05, 0.1) is 26.4 Å². The Morgan fingerprint density at radius 3 is 2.32 bits per heavy atom. The summed E-state index contributed by atoms with van der Waals surface area (Å²) in [5.41, 5.74) is 0. The molecule has 2 N–H and O–H groups in total. The summed E-state index contributed by atoms with van der Waals surface area (Å²) in [6.45, 7) is 14.5. The molecule has 0 saturated carbocycles. The van der Waals surface area contributed by atoms with E-state index < -0.39 is 0 Å². The lowest BCUT2D eigenvalue weighted by atomic mass is 9.75. The van der Waals surface area contributed by atoms with Gasteiger partial charge in [-0.15, -0.1) is 0 Å². The van der Waals surface area contributed by atoms with Gasteiger partial charge in [0.25, 0.3) is 0 Å². The minimum absolute atomic E-state index is 0.638. The van der Waals surface area contributed by atoms with E-state index in [-0.39, 0.29) is 0 Å². The molecule has 0 radical (unpaired) electrons. The fourth-order valence-electron chi connectivity index (χ4n) is 5.21. The van der Waals surface area contributed by atoms with Gasteiger partial charge in [-0.1, -0.05) is 0 Å². The quantitative estimate of drug-likeness (QED) is 0.560. The first kappa shape index (κ1) is 20.8. The Kier molecular flexibility index (Phi) is 7.78. The number of morpholine rings is 2. The SMILES string of the molecule is S=C(NCCN1CCOCC1)NC[C@H]1C[C@@H]2CCN1C[C@@H]2CN1CCOCC1. The van der Waals surface area contributed by atoms with Crippen molar-refractivity contribution < 1.29 is 9.47 Å². The molecule has 0 aromatic heterocycles. The van der Waals surface area contributed by atoms with Crippen LogP contribution in [-0.4, -0.2) is 118 Å². The molecule has 2 bridgehead atoms. The molecule has 8 heteroatoms. The third-order valence-corrected chi connectivity index (χ3v) is 7.21. The smallest absolute Gasteiger partial charge is 0.166 e. The molecule has 1 unspecified atom stereocenters. The monoisotopic (exact) mass is 411 g/mol. The van der Waals surface area contributed by atoms with E-state index in [4.69, 9.17) is 21.7 Å². The second-order valence-electron chi connectivity index (χ2n) is 8.70. The summed E-state index contributed by atoms with van der Waals surface area (Å²) in [5.74, 6) is 1.71. The van der Waals surface area contributed by atoms with Crippen LogP contribution in [0.4, 0.5) is 0 Å². The van der Waals surface area contributed by atoms with Gasteiger partial charge in [0, 0.05) is 64.9 Å². The van der Waals surface area contributed by atoms with Gasteiger partial charge < -0.3 is 20.1 Å². The van der Waals surface area contributed by atoms with Crippen molar-refractivity contribution >= 4 is 17.3 Å². The summed E-state index contributed by atoms with van der Waals surface area (Å²) in [5, 5.41) is 7.66. The van der Waals surface area contributed by atoms with Gasteiger partial charge >= 0.3 is 0 Å². The van der Waals surface area contributed by atoms with Gasteiger partial charge in [-0.05, 0) is 43.4 Å². The molecule has 0 aromatic carbocycles. The zero-order chi connectivity index (χ0) is 19.2. The van der Waals surface area contributed by atoms with Crippen LogP contribution in [0.1, 0.15) is 12.8 Å². The Hall–Kier alpha value is -0.510. The molecular weight excluding hydrogens is 374 g/mol. The maximum Gasteiger partial charge on any atom is 0.166 e. The number of piperidine rings is 3. The second kappa shape index (κ2) is 10.5. The lowest BCUT2D eigenvalue weighted by Crippen LogP contribution is -2.59. The fourth-order valence-corrected chi connectivity index (χ4v) is 5.39. The molecule has 7 nitrogen and oxygen atoms in total. The largest absolute Gasteiger partial charge is 0.379 e. The third kappa shape index (κ3) is 5.77. The summed E-state index contributed by atoms with van der Waals surface area (Å²) in [6.07, 6.45) is 2.69. The van der Waals surface area contributed by atoms with Gasteiger partial charge in [-0.2, -0.15) is 0 Å². The molecule has 5 aliphatic rings. The van der Waals surface area contributed by atoms with Crippen LogP contribution in [0.5, 0.6) is 0 Å². The molecule has 28 heavy (non-hydrogen) atoms. The van der Waals surface area contributed by atoms with Crippen molar-refractivity contribution in [3.8, 4) is 0 Å². The normalized spacial score (nSPS) is 34.3. The van der Waals surface area contributed by atoms with Crippen molar-refractivity contribution in [3.63, 3.8) is 0 Å². The lowest BCUT2D eigenvalue weighted by molar-refractivity contribution is -0.0287. The Morgan fingerprint density at radius 1 is 0.929 bits per heavy atom. The zero-order valence-electron chi connectivity index (χ0n) is 17.1. The molecule has 160 valence electrons. The van der Waals surface area contributed by atoms with Crippen molar-refractivity contribution in [1.82, 2.24) is 25.3 Å². The highest BCUT2D eigenvalue weighted by Gasteiger charge is 2.40. The zero-order valence-corrected chi connectivity index (χ0v) is 17.9. The number of fused-ring (bicyclic) bond motifs is 3. The predicted molar refractivity (Wildman–Crippen MR) is 115 cm³/mol. The van der Waals surface area contributed by atoms with Gasteiger partial charge in [0.1, 0.15) is 0 Å². The number of hydrogen-bond acceptors (Lipinski definition) is 6. The summed E-state index contributed by atoms with van der Waals surface area (Å²) in [4.78, 5) is 7.74. The molecular formula is C20H37N5O2S. The Morgan fingerprint density at radius 2 is 1.64 bits per heavy atom. The molecule has 5 aliphatic heterocycles. The van der Waals surface area contributed by atoms with Crippen LogP contribution >= 0.6 is 12.2 Å². The summed E-state index contributed by atoms with van der Waals surface area (Å²) in [6, 6.07) is 0.638.